The lowest BCUT2D eigenvalue weighted by Gasteiger charge is -2.37. The van der Waals surface area contributed by atoms with Gasteiger partial charge in [-0.3, -0.25) is 9.59 Å². The molecule has 24 heavy (non-hydrogen) atoms. The van der Waals surface area contributed by atoms with Gasteiger partial charge in [0.25, 0.3) is 5.91 Å². The molecule has 6 nitrogen and oxygen atoms in total. The predicted molar refractivity (Wildman–Crippen MR) is 89.7 cm³/mol. The molecule has 1 aromatic carbocycles. The van der Waals surface area contributed by atoms with Crippen molar-refractivity contribution in [3.05, 3.63) is 29.8 Å². The van der Waals surface area contributed by atoms with Crippen molar-refractivity contribution in [1.82, 2.24) is 4.90 Å². The Morgan fingerprint density at radius 3 is 2.58 bits per heavy atom. The van der Waals surface area contributed by atoms with Crippen molar-refractivity contribution in [2.24, 2.45) is 5.41 Å². The fourth-order valence-electron chi connectivity index (χ4n) is 3.05. The lowest BCUT2D eigenvalue weighted by molar-refractivity contribution is -0.150. The Kier molecular flexibility index (Phi) is 5.32. The number of carbonyl (C=O) groups excluding carboxylic acids is 1. The summed E-state index contributed by atoms with van der Waals surface area (Å²) in [6.07, 6.45) is 1.55. The third-order valence-electron chi connectivity index (χ3n) is 4.43. The Morgan fingerprint density at radius 1 is 1.29 bits per heavy atom. The van der Waals surface area contributed by atoms with Crippen molar-refractivity contribution in [2.45, 2.75) is 38.0 Å². The van der Waals surface area contributed by atoms with E-state index >= 15 is 0 Å². The van der Waals surface area contributed by atoms with Crippen molar-refractivity contribution in [1.29, 1.82) is 0 Å². The molecule has 7 heteroatoms. The van der Waals surface area contributed by atoms with Gasteiger partial charge in [0.1, 0.15) is 0 Å². The molecule has 1 aliphatic heterocycles. The minimum absolute atomic E-state index is 0.0237. The van der Waals surface area contributed by atoms with Crippen LogP contribution in [0.3, 0.4) is 0 Å². The number of amides is 1. The molecule has 1 amide bonds. The summed E-state index contributed by atoms with van der Waals surface area (Å²) in [7, 11) is -3.53. The van der Waals surface area contributed by atoms with Crippen LogP contribution in [0.5, 0.6) is 0 Å². The number of carboxylic acids is 1. The average Bonchev–Trinajstić information content (AvgIpc) is 2.54. The molecule has 0 bridgehead atoms. The van der Waals surface area contributed by atoms with E-state index in [0.717, 1.165) is 0 Å². The van der Waals surface area contributed by atoms with Crippen LogP contribution in [-0.4, -0.2) is 49.1 Å². The van der Waals surface area contributed by atoms with Gasteiger partial charge in [-0.1, -0.05) is 19.1 Å². The van der Waals surface area contributed by atoms with E-state index in [9.17, 15) is 23.1 Å². The van der Waals surface area contributed by atoms with E-state index < -0.39 is 27.1 Å². The molecule has 0 aromatic heterocycles. The number of benzene rings is 1. The Bertz CT molecular complexity index is 743. The van der Waals surface area contributed by atoms with E-state index in [2.05, 4.69) is 0 Å². The zero-order valence-electron chi connectivity index (χ0n) is 14.0. The van der Waals surface area contributed by atoms with Crippen LogP contribution < -0.4 is 0 Å². The van der Waals surface area contributed by atoms with Gasteiger partial charge >= 0.3 is 5.97 Å². The Morgan fingerprint density at radius 2 is 1.96 bits per heavy atom. The number of aliphatic carboxylic acids is 1. The summed E-state index contributed by atoms with van der Waals surface area (Å²) in [5.74, 6) is -1.38. The lowest BCUT2D eigenvalue weighted by atomic mass is 9.82. The van der Waals surface area contributed by atoms with E-state index in [1.54, 1.807) is 26.0 Å². The number of rotatable bonds is 5. The van der Waals surface area contributed by atoms with Gasteiger partial charge in [0.05, 0.1) is 21.6 Å². The molecule has 1 N–H and O–H groups in total. The summed E-state index contributed by atoms with van der Waals surface area (Å²) in [6, 6.07) is 6.16. The van der Waals surface area contributed by atoms with Gasteiger partial charge in [-0.2, -0.15) is 0 Å². The van der Waals surface area contributed by atoms with Crippen molar-refractivity contribution in [2.75, 3.05) is 18.8 Å². The quantitative estimate of drug-likeness (QED) is 0.876. The van der Waals surface area contributed by atoms with Crippen LogP contribution in [0, 0.1) is 5.41 Å². The van der Waals surface area contributed by atoms with Crippen LogP contribution in [0.25, 0.3) is 0 Å². The molecule has 1 fully saturated rings. The molecule has 2 rings (SSSR count). The first kappa shape index (κ1) is 18.4. The third-order valence-corrected chi connectivity index (χ3v) is 6.40. The number of carbonyl (C=O) groups is 2. The van der Waals surface area contributed by atoms with Gasteiger partial charge in [-0.25, -0.2) is 8.42 Å². The van der Waals surface area contributed by atoms with Gasteiger partial charge in [0.15, 0.2) is 9.84 Å². The van der Waals surface area contributed by atoms with Gasteiger partial charge in [-0.05, 0) is 38.3 Å². The first-order valence-corrected chi connectivity index (χ1v) is 9.71. The highest BCUT2D eigenvalue weighted by Gasteiger charge is 2.40. The Hall–Kier alpha value is -1.89. The second kappa shape index (κ2) is 6.93. The summed E-state index contributed by atoms with van der Waals surface area (Å²) < 4.78 is 24.8. The van der Waals surface area contributed by atoms with Crippen LogP contribution in [-0.2, 0) is 14.6 Å². The SMILES string of the molecule is CCCS(=O)(=O)c1ccccc1C(=O)N1CCCC(C)(C(=O)O)C1. The Labute approximate surface area is 142 Å². The van der Waals surface area contributed by atoms with Crippen molar-refractivity contribution >= 4 is 21.7 Å². The minimum Gasteiger partial charge on any atom is -0.481 e. The number of carboxylic acid groups (broad SMARTS) is 1. The topological polar surface area (TPSA) is 91.8 Å². The highest BCUT2D eigenvalue weighted by molar-refractivity contribution is 7.91. The van der Waals surface area contributed by atoms with E-state index in [1.807, 2.05) is 0 Å². The molecule has 1 atom stereocenters. The zero-order chi connectivity index (χ0) is 18.0. The van der Waals surface area contributed by atoms with Crippen LogP contribution >= 0.6 is 0 Å². The molecule has 0 aliphatic carbocycles. The smallest absolute Gasteiger partial charge is 0.311 e. The maximum Gasteiger partial charge on any atom is 0.311 e. The van der Waals surface area contributed by atoms with Gasteiger partial charge in [-0.15, -0.1) is 0 Å². The van der Waals surface area contributed by atoms with Gasteiger partial charge < -0.3 is 10.0 Å². The fraction of sp³-hybridized carbons (Fsp3) is 0.529. The molecule has 1 heterocycles. The standard InChI is InChI=1S/C17H23NO5S/c1-3-11-24(22,23)14-8-5-4-7-13(14)15(19)18-10-6-9-17(2,12-18)16(20)21/h4-5,7-8H,3,6,9-12H2,1-2H3,(H,20,21). The number of sulfone groups is 1. The summed E-state index contributed by atoms with van der Waals surface area (Å²) in [4.78, 5) is 25.8. The van der Waals surface area contributed by atoms with Crippen LogP contribution in [0.2, 0.25) is 0 Å². The average molecular weight is 353 g/mol. The van der Waals surface area contributed by atoms with Crippen LogP contribution in [0.4, 0.5) is 0 Å². The second-order valence-corrected chi connectivity index (χ2v) is 8.59. The zero-order valence-corrected chi connectivity index (χ0v) is 14.8. The second-order valence-electron chi connectivity index (χ2n) is 6.51. The summed E-state index contributed by atoms with van der Waals surface area (Å²) in [6.45, 7) is 3.91. The Balaban J connectivity index is 2.36. The number of piperidine rings is 1. The number of likely N-dealkylation sites (tertiary alicyclic amines) is 1. The first-order valence-electron chi connectivity index (χ1n) is 8.06. The fourth-order valence-corrected chi connectivity index (χ4v) is 4.58. The van der Waals surface area contributed by atoms with Gasteiger partial charge in [0.2, 0.25) is 0 Å². The van der Waals surface area contributed by atoms with E-state index in [-0.39, 0.29) is 22.8 Å². The summed E-state index contributed by atoms with van der Waals surface area (Å²) in [5.41, 5.74) is -0.869. The highest BCUT2D eigenvalue weighted by atomic mass is 32.2. The predicted octanol–water partition coefficient (Wildman–Crippen LogP) is 2.20. The molecule has 0 radical (unpaired) electrons. The van der Waals surface area contributed by atoms with Crippen molar-refractivity contribution < 1.29 is 23.1 Å². The number of hydrogen-bond acceptors (Lipinski definition) is 4. The number of hydrogen-bond donors (Lipinski definition) is 1. The lowest BCUT2D eigenvalue weighted by Crippen LogP contribution is -2.48. The highest BCUT2D eigenvalue weighted by Crippen LogP contribution is 2.31. The summed E-state index contributed by atoms with van der Waals surface area (Å²) >= 11 is 0. The summed E-state index contributed by atoms with van der Waals surface area (Å²) in [5, 5.41) is 9.39. The first-order chi connectivity index (χ1) is 11.2. The van der Waals surface area contributed by atoms with E-state index in [0.29, 0.717) is 25.8 Å². The molecule has 0 saturated carbocycles. The van der Waals surface area contributed by atoms with E-state index in [1.165, 1.54) is 17.0 Å². The maximum atomic E-state index is 12.9. The minimum atomic E-state index is -3.53. The van der Waals surface area contributed by atoms with Crippen molar-refractivity contribution in [3.63, 3.8) is 0 Å². The molecule has 1 saturated heterocycles. The molecular weight excluding hydrogens is 330 g/mol. The third kappa shape index (κ3) is 3.61. The number of nitrogens with zero attached hydrogens (tertiary/aromatic N) is 1. The maximum absolute atomic E-state index is 12.9. The largest absolute Gasteiger partial charge is 0.481 e. The molecule has 1 unspecified atom stereocenters. The molecular formula is C17H23NO5S. The molecule has 0 spiro atoms. The molecule has 132 valence electrons. The van der Waals surface area contributed by atoms with Crippen LogP contribution in [0.15, 0.2) is 29.2 Å². The normalized spacial score (nSPS) is 21.5. The van der Waals surface area contributed by atoms with Gasteiger partial charge in [0, 0.05) is 13.1 Å². The van der Waals surface area contributed by atoms with E-state index in [4.69, 9.17) is 0 Å². The molecule has 1 aliphatic rings. The van der Waals surface area contributed by atoms with Crippen molar-refractivity contribution in [3.8, 4) is 0 Å². The molecule has 1 aromatic rings. The monoisotopic (exact) mass is 353 g/mol. The van der Waals surface area contributed by atoms with Crippen LogP contribution in [0.1, 0.15) is 43.5 Å².